The molecule has 1 heterocycles. The summed E-state index contributed by atoms with van der Waals surface area (Å²) < 4.78 is 1.19. The first-order valence-corrected chi connectivity index (χ1v) is 6.53. The zero-order valence-electron chi connectivity index (χ0n) is 11.0. The van der Waals surface area contributed by atoms with Crippen molar-refractivity contribution >= 4 is 23.5 Å². The van der Waals surface area contributed by atoms with Gasteiger partial charge >= 0.3 is 5.97 Å². The fourth-order valence-electron chi connectivity index (χ4n) is 1.70. The van der Waals surface area contributed by atoms with Gasteiger partial charge in [-0.05, 0) is 11.6 Å². The number of hydrogen-bond donors (Lipinski definition) is 2. The standard InChI is InChI=1S/C13H13ClN4O3/c14-11-4-2-1-3-9(11)5-12(19)15-6-10-7-18(17-16-10)8-13(20)21/h1-4,7H,5-6,8H2,(H,15,19)(H,20,21). The zero-order valence-corrected chi connectivity index (χ0v) is 11.7. The molecule has 0 bridgehead atoms. The lowest BCUT2D eigenvalue weighted by atomic mass is 10.1. The molecular weight excluding hydrogens is 296 g/mol. The third kappa shape index (κ3) is 4.57. The van der Waals surface area contributed by atoms with Crippen LogP contribution in [0.2, 0.25) is 5.02 Å². The Hall–Kier alpha value is -2.41. The normalized spacial score (nSPS) is 10.3. The number of aromatic nitrogens is 3. The second-order valence-electron chi connectivity index (χ2n) is 4.35. The number of nitrogens with one attached hydrogen (secondary N) is 1. The van der Waals surface area contributed by atoms with E-state index >= 15 is 0 Å². The van der Waals surface area contributed by atoms with Crippen molar-refractivity contribution in [2.24, 2.45) is 0 Å². The van der Waals surface area contributed by atoms with Crippen LogP contribution in [-0.2, 0) is 29.1 Å². The number of nitrogens with zero attached hydrogens (tertiary/aromatic N) is 3. The SMILES string of the molecule is O=C(O)Cn1cc(CNC(=O)Cc2ccccc2Cl)nn1. The molecule has 0 saturated heterocycles. The van der Waals surface area contributed by atoms with E-state index in [-0.39, 0.29) is 25.4 Å². The molecule has 0 aliphatic carbocycles. The van der Waals surface area contributed by atoms with E-state index in [4.69, 9.17) is 16.7 Å². The van der Waals surface area contributed by atoms with E-state index in [0.29, 0.717) is 10.7 Å². The number of carboxylic acid groups (broad SMARTS) is 1. The molecule has 8 heteroatoms. The van der Waals surface area contributed by atoms with E-state index in [1.54, 1.807) is 18.2 Å². The lowest BCUT2D eigenvalue weighted by Gasteiger charge is -2.04. The van der Waals surface area contributed by atoms with Gasteiger partial charge in [-0.3, -0.25) is 9.59 Å². The Morgan fingerprint density at radius 3 is 2.81 bits per heavy atom. The van der Waals surface area contributed by atoms with Gasteiger partial charge in [-0.2, -0.15) is 0 Å². The molecule has 21 heavy (non-hydrogen) atoms. The minimum Gasteiger partial charge on any atom is -0.480 e. The van der Waals surface area contributed by atoms with Crippen LogP contribution in [0.1, 0.15) is 11.3 Å². The Morgan fingerprint density at radius 1 is 1.33 bits per heavy atom. The minimum atomic E-state index is -1.01. The van der Waals surface area contributed by atoms with Gasteiger partial charge in [0.05, 0.1) is 19.2 Å². The van der Waals surface area contributed by atoms with Crippen LogP contribution >= 0.6 is 11.6 Å². The summed E-state index contributed by atoms with van der Waals surface area (Å²) in [7, 11) is 0. The third-order valence-corrected chi connectivity index (χ3v) is 3.03. The number of carboxylic acids is 1. The lowest BCUT2D eigenvalue weighted by molar-refractivity contribution is -0.138. The van der Waals surface area contributed by atoms with E-state index in [1.165, 1.54) is 10.9 Å². The van der Waals surface area contributed by atoms with Crippen molar-refractivity contribution in [2.75, 3.05) is 0 Å². The van der Waals surface area contributed by atoms with Crippen molar-refractivity contribution in [2.45, 2.75) is 19.5 Å². The second kappa shape index (κ2) is 6.85. The molecule has 7 nitrogen and oxygen atoms in total. The molecule has 0 spiro atoms. The highest BCUT2D eigenvalue weighted by Gasteiger charge is 2.08. The van der Waals surface area contributed by atoms with Gasteiger partial charge in [0.25, 0.3) is 0 Å². The van der Waals surface area contributed by atoms with Crippen molar-refractivity contribution in [3.63, 3.8) is 0 Å². The largest absolute Gasteiger partial charge is 0.480 e. The summed E-state index contributed by atoms with van der Waals surface area (Å²) >= 11 is 5.98. The van der Waals surface area contributed by atoms with Crippen LogP contribution in [0.5, 0.6) is 0 Å². The molecule has 2 N–H and O–H groups in total. The van der Waals surface area contributed by atoms with Crippen LogP contribution in [0.3, 0.4) is 0 Å². The van der Waals surface area contributed by atoms with Crippen molar-refractivity contribution in [1.29, 1.82) is 0 Å². The van der Waals surface area contributed by atoms with E-state index in [2.05, 4.69) is 15.6 Å². The van der Waals surface area contributed by atoms with Crippen LogP contribution in [0.4, 0.5) is 0 Å². The first-order chi connectivity index (χ1) is 10.0. The van der Waals surface area contributed by atoms with Crippen molar-refractivity contribution in [3.05, 3.63) is 46.7 Å². The van der Waals surface area contributed by atoms with Crippen LogP contribution < -0.4 is 5.32 Å². The molecule has 0 aliphatic rings. The number of benzene rings is 1. The topological polar surface area (TPSA) is 97.1 Å². The number of rotatable bonds is 6. The molecular formula is C13H13ClN4O3. The average Bonchev–Trinajstić information content (AvgIpc) is 2.86. The summed E-state index contributed by atoms with van der Waals surface area (Å²) in [6, 6.07) is 7.11. The van der Waals surface area contributed by atoms with Crippen LogP contribution in [-0.4, -0.2) is 32.0 Å². The van der Waals surface area contributed by atoms with E-state index < -0.39 is 5.97 Å². The fraction of sp³-hybridized carbons (Fsp3) is 0.231. The summed E-state index contributed by atoms with van der Waals surface area (Å²) in [6.45, 7) is -0.0799. The van der Waals surface area contributed by atoms with Gasteiger partial charge in [0.2, 0.25) is 5.91 Å². The Kier molecular flexibility index (Phi) is 4.89. The molecule has 0 saturated carbocycles. The van der Waals surface area contributed by atoms with Crippen LogP contribution in [0, 0.1) is 0 Å². The average molecular weight is 309 g/mol. The van der Waals surface area contributed by atoms with E-state index in [0.717, 1.165) is 5.56 Å². The highest BCUT2D eigenvalue weighted by atomic mass is 35.5. The highest BCUT2D eigenvalue weighted by molar-refractivity contribution is 6.31. The molecule has 0 fully saturated rings. The lowest BCUT2D eigenvalue weighted by Crippen LogP contribution is -2.24. The van der Waals surface area contributed by atoms with E-state index in [9.17, 15) is 9.59 Å². The Labute approximate surface area is 125 Å². The van der Waals surface area contributed by atoms with Gasteiger partial charge in [0.1, 0.15) is 12.2 Å². The monoisotopic (exact) mass is 308 g/mol. The zero-order chi connectivity index (χ0) is 15.2. The second-order valence-corrected chi connectivity index (χ2v) is 4.75. The van der Waals surface area contributed by atoms with Crippen LogP contribution in [0.25, 0.3) is 0 Å². The van der Waals surface area contributed by atoms with Gasteiger partial charge in [-0.1, -0.05) is 35.0 Å². The predicted octanol–water partition coefficient (Wildman–Crippen LogP) is 0.875. The molecule has 2 aromatic rings. The van der Waals surface area contributed by atoms with Gasteiger partial charge in [0.15, 0.2) is 0 Å². The Morgan fingerprint density at radius 2 is 2.10 bits per heavy atom. The van der Waals surface area contributed by atoms with E-state index in [1.807, 2.05) is 6.07 Å². The number of carbonyl (C=O) groups excluding carboxylic acids is 1. The van der Waals surface area contributed by atoms with Crippen molar-refractivity contribution < 1.29 is 14.7 Å². The number of aliphatic carboxylic acids is 1. The quantitative estimate of drug-likeness (QED) is 0.825. The molecule has 1 amide bonds. The van der Waals surface area contributed by atoms with Gasteiger partial charge in [-0.15, -0.1) is 5.10 Å². The summed E-state index contributed by atoms with van der Waals surface area (Å²) in [5, 5.41) is 19.3. The molecule has 1 aromatic heterocycles. The summed E-state index contributed by atoms with van der Waals surface area (Å²) in [6.07, 6.45) is 1.65. The molecule has 2 rings (SSSR count). The first-order valence-electron chi connectivity index (χ1n) is 6.15. The van der Waals surface area contributed by atoms with Crippen molar-refractivity contribution in [3.8, 4) is 0 Å². The maximum Gasteiger partial charge on any atom is 0.325 e. The Bertz CT molecular complexity index is 656. The third-order valence-electron chi connectivity index (χ3n) is 2.66. The molecule has 0 atom stereocenters. The molecule has 0 unspecified atom stereocenters. The smallest absolute Gasteiger partial charge is 0.325 e. The number of halogens is 1. The summed E-state index contributed by atoms with van der Waals surface area (Å²) in [4.78, 5) is 22.3. The molecule has 0 aliphatic heterocycles. The van der Waals surface area contributed by atoms with Crippen LogP contribution in [0.15, 0.2) is 30.5 Å². The molecule has 1 aromatic carbocycles. The number of hydrogen-bond acceptors (Lipinski definition) is 4. The molecule has 0 radical (unpaired) electrons. The molecule has 110 valence electrons. The number of amides is 1. The Balaban J connectivity index is 1.85. The first kappa shape index (κ1) is 15.0. The number of carbonyl (C=O) groups is 2. The van der Waals surface area contributed by atoms with Gasteiger partial charge in [0, 0.05) is 5.02 Å². The van der Waals surface area contributed by atoms with Crippen molar-refractivity contribution in [1.82, 2.24) is 20.3 Å². The highest BCUT2D eigenvalue weighted by Crippen LogP contribution is 2.15. The summed E-state index contributed by atoms with van der Waals surface area (Å²) in [5.41, 5.74) is 1.23. The fourth-order valence-corrected chi connectivity index (χ4v) is 1.90. The predicted molar refractivity (Wildman–Crippen MR) is 74.7 cm³/mol. The van der Waals surface area contributed by atoms with Gasteiger partial charge < -0.3 is 10.4 Å². The maximum atomic E-state index is 11.8. The maximum absolute atomic E-state index is 11.8. The minimum absolute atomic E-state index is 0.170. The van der Waals surface area contributed by atoms with Gasteiger partial charge in [-0.25, -0.2) is 4.68 Å². The summed E-state index contributed by atoms with van der Waals surface area (Å²) in [5.74, 6) is -1.20.